The SMILES string of the molecule is O=C(CCC1CCCNC1)Nc1ccc(CCO)cc1. The summed E-state index contributed by atoms with van der Waals surface area (Å²) in [7, 11) is 0. The second-order valence-electron chi connectivity index (χ2n) is 5.47. The average molecular weight is 276 g/mol. The zero-order valence-corrected chi connectivity index (χ0v) is 11.9. The third-order valence-electron chi connectivity index (χ3n) is 3.82. The number of aliphatic hydroxyl groups excluding tert-OH is 1. The number of carbonyl (C=O) groups is 1. The molecule has 1 fully saturated rings. The van der Waals surface area contributed by atoms with Crippen molar-refractivity contribution in [2.75, 3.05) is 25.0 Å². The van der Waals surface area contributed by atoms with Crippen LogP contribution in [0.5, 0.6) is 0 Å². The zero-order valence-electron chi connectivity index (χ0n) is 11.9. The summed E-state index contributed by atoms with van der Waals surface area (Å²) in [4.78, 5) is 11.9. The molecule has 1 aromatic carbocycles. The predicted molar refractivity (Wildman–Crippen MR) is 80.7 cm³/mol. The van der Waals surface area contributed by atoms with Crippen molar-refractivity contribution in [1.29, 1.82) is 0 Å². The second-order valence-corrected chi connectivity index (χ2v) is 5.47. The first-order valence-corrected chi connectivity index (χ1v) is 7.48. The molecular weight excluding hydrogens is 252 g/mol. The Morgan fingerprint density at radius 1 is 1.35 bits per heavy atom. The van der Waals surface area contributed by atoms with Crippen LogP contribution < -0.4 is 10.6 Å². The van der Waals surface area contributed by atoms with Crippen molar-refractivity contribution in [3.05, 3.63) is 29.8 Å². The maximum Gasteiger partial charge on any atom is 0.224 e. The van der Waals surface area contributed by atoms with Crippen molar-refractivity contribution in [2.24, 2.45) is 5.92 Å². The van der Waals surface area contributed by atoms with E-state index in [0.717, 1.165) is 30.8 Å². The number of hydrogen-bond acceptors (Lipinski definition) is 3. The standard InChI is InChI=1S/C16H24N2O2/c19-11-9-13-3-6-15(7-4-13)18-16(20)8-5-14-2-1-10-17-12-14/h3-4,6-7,14,17,19H,1-2,5,8-12H2,(H,18,20). The van der Waals surface area contributed by atoms with Crippen LogP contribution in [0.3, 0.4) is 0 Å². The molecule has 20 heavy (non-hydrogen) atoms. The van der Waals surface area contributed by atoms with Crippen LogP contribution in [-0.4, -0.2) is 30.7 Å². The highest BCUT2D eigenvalue weighted by Gasteiger charge is 2.14. The molecule has 0 radical (unpaired) electrons. The van der Waals surface area contributed by atoms with E-state index in [9.17, 15) is 4.79 Å². The molecule has 0 aliphatic carbocycles. The summed E-state index contributed by atoms with van der Waals surface area (Å²) in [6, 6.07) is 7.67. The van der Waals surface area contributed by atoms with Crippen LogP contribution in [0.2, 0.25) is 0 Å². The molecular formula is C16H24N2O2. The minimum Gasteiger partial charge on any atom is -0.396 e. The van der Waals surface area contributed by atoms with Crippen LogP contribution in [0.1, 0.15) is 31.2 Å². The highest BCUT2D eigenvalue weighted by atomic mass is 16.2. The highest BCUT2D eigenvalue weighted by Crippen LogP contribution is 2.17. The van der Waals surface area contributed by atoms with E-state index in [4.69, 9.17) is 5.11 Å². The Morgan fingerprint density at radius 2 is 2.15 bits per heavy atom. The Balaban J connectivity index is 1.73. The van der Waals surface area contributed by atoms with Gasteiger partial charge in [-0.3, -0.25) is 4.79 Å². The summed E-state index contributed by atoms with van der Waals surface area (Å²) in [6.07, 6.45) is 4.66. The van der Waals surface area contributed by atoms with Gasteiger partial charge in [0, 0.05) is 18.7 Å². The summed E-state index contributed by atoms with van der Waals surface area (Å²) in [5, 5.41) is 15.2. The molecule has 1 aliphatic heterocycles. The number of anilines is 1. The number of aliphatic hydroxyl groups is 1. The first kappa shape index (κ1) is 15.0. The van der Waals surface area contributed by atoms with Gasteiger partial charge in [-0.25, -0.2) is 0 Å². The van der Waals surface area contributed by atoms with E-state index in [1.165, 1.54) is 12.8 Å². The van der Waals surface area contributed by atoms with Crippen molar-refractivity contribution in [2.45, 2.75) is 32.1 Å². The van der Waals surface area contributed by atoms with Crippen molar-refractivity contribution in [3.8, 4) is 0 Å². The fourth-order valence-corrected chi connectivity index (χ4v) is 2.61. The Bertz CT molecular complexity index is 411. The topological polar surface area (TPSA) is 61.4 Å². The van der Waals surface area contributed by atoms with Crippen molar-refractivity contribution < 1.29 is 9.90 Å². The van der Waals surface area contributed by atoms with Crippen LogP contribution in [0, 0.1) is 5.92 Å². The Labute approximate surface area is 120 Å². The monoisotopic (exact) mass is 276 g/mol. The highest BCUT2D eigenvalue weighted by molar-refractivity contribution is 5.90. The summed E-state index contributed by atoms with van der Waals surface area (Å²) >= 11 is 0. The molecule has 4 nitrogen and oxygen atoms in total. The largest absolute Gasteiger partial charge is 0.396 e. The molecule has 1 aliphatic rings. The maximum absolute atomic E-state index is 11.9. The van der Waals surface area contributed by atoms with Crippen LogP contribution in [-0.2, 0) is 11.2 Å². The fraction of sp³-hybridized carbons (Fsp3) is 0.562. The van der Waals surface area contributed by atoms with E-state index in [1.54, 1.807) is 0 Å². The summed E-state index contributed by atoms with van der Waals surface area (Å²) in [5.41, 5.74) is 1.91. The summed E-state index contributed by atoms with van der Waals surface area (Å²) in [5.74, 6) is 0.729. The molecule has 0 spiro atoms. The molecule has 1 heterocycles. The molecule has 0 aromatic heterocycles. The number of hydrogen-bond donors (Lipinski definition) is 3. The minimum absolute atomic E-state index is 0.0884. The fourth-order valence-electron chi connectivity index (χ4n) is 2.61. The molecule has 1 unspecified atom stereocenters. The van der Waals surface area contributed by atoms with Crippen molar-refractivity contribution in [1.82, 2.24) is 5.32 Å². The van der Waals surface area contributed by atoms with Gasteiger partial charge in [0.25, 0.3) is 0 Å². The number of nitrogens with one attached hydrogen (secondary N) is 2. The van der Waals surface area contributed by atoms with E-state index in [0.29, 0.717) is 18.8 Å². The Kier molecular flexibility index (Phi) is 6.02. The average Bonchev–Trinajstić information content (AvgIpc) is 2.49. The Hall–Kier alpha value is -1.39. The number of piperidine rings is 1. The van der Waals surface area contributed by atoms with Gasteiger partial charge in [0.15, 0.2) is 0 Å². The van der Waals surface area contributed by atoms with Gasteiger partial charge in [-0.05, 0) is 62.4 Å². The van der Waals surface area contributed by atoms with Crippen LogP contribution >= 0.6 is 0 Å². The lowest BCUT2D eigenvalue weighted by molar-refractivity contribution is -0.116. The van der Waals surface area contributed by atoms with Gasteiger partial charge in [0.05, 0.1) is 0 Å². The lowest BCUT2D eigenvalue weighted by Gasteiger charge is -2.22. The minimum atomic E-state index is 0.0884. The number of carbonyl (C=O) groups excluding carboxylic acids is 1. The van der Waals surface area contributed by atoms with Gasteiger partial charge in [-0.15, -0.1) is 0 Å². The van der Waals surface area contributed by atoms with E-state index in [2.05, 4.69) is 10.6 Å². The van der Waals surface area contributed by atoms with Gasteiger partial charge in [0.1, 0.15) is 0 Å². The normalized spacial score (nSPS) is 18.8. The van der Waals surface area contributed by atoms with Gasteiger partial charge in [-0.1, -0.05) is 12.1 Å². The van der Waals surface area contributed by atoms with E-state index in [1.807, 2.05) is 24.3 Å². The number of benzene rings is 1. The second kappa shape index (κ2) is 8.02. The lowest BCUT2D eigenvalue weighted by atomic mass is 9.94. The third kappa shape index (κ3) is 4.94. The zero-order chi connectivity index (χ0) is 14.2. The number of rotatable bonds is 6. The molecule has 1 aromatic rings. The van der Waals surface area contributed by atoms with Crippen molar-refractivity contribution >= 4 is 11.6 Å². The molecule has 110 valence electrons. The third-order valence-corrected chi connectivity index (χ3v) is 3.82. The molecule has 1 atom stereocenters. The van der Waals surface area contributed by atoms with Crippen LogP contribution in [0.15, 0.2) is 24.3 Å². The van der Waals surface area contributed by atoms with E-state index < -0.39 is 0 Å². The molecule has 2 rings (SSSR count). The van der Waals surface area contributed by atoms with Gasteiger partial charge in [-0.2, -0.15) is 0 Å². The maximum atomic E-state index is 11.9. The van der Waals surface area contributed by atoms with E-state index >= 15 is 0 Å². The molecule has 0 saturated carbocycles. The smallest absolute Gasteiger partial charge is 0.224 e. The number of amides is 1. The molecule has 0 bridgehead atoms. The van der Waals surface area contributed by atoms with Gasteiger partial charge >= 0.3 is 0 Å². The quantitative estimate of drug-likeness (QED) is 0.744. The lowest BCUT2D eigenvalue weighted by Crippen LogP contribution is -2.30. The molecule has 1 saturated heterocycles. The molecule has 3 N–H and O–H groups in total. The first-order valence-electron chi connectivity index (χ1n) is 7.48. The predicted octanol–water partition coefficient (Wildman–Crippen LogP) is 1.94. The van der Waals surface area contributed by atoms with E-state index in [-0.39, 0.29) is 12.5 Å². The Morgan fingerprint density at radius 3 is 2.80 bits per heavy atom. The van der Waals surface area contributed by atoms with Gasteiger partial charge < -0.3 is 15.7 Å². The molecule has 1 amide bonds. The van der Waals surface area contributed by atoms with Gasteiger partial charge in [0.2, 0.25) is 5.91 Å². The molecule has 4 heteroatoms. The summed E-state index contributed by atoms with van der Waals surface area (Å²) in [6.45, 7) is 2.31. The summed E-state index contributed by atoms with van der Waals surface area (Å²) < 4.78 is 0. The van der Waals surface area contributed by atoms with Crippen LogP contribution in [0.25, 0.3) is 0 Å². The van der Waals surface area contributed by atoms with Crippen LogP contribution in [0.4, 0.5) is 5.69 Å². The van der Waals surface area contributed by atoms with Crippen molar-refractivity contribution in [3.63, 3.8) is 0 Å². The first-order chi connectivity index (χ1) is 9.78.